The Balaban J connectivity index is 1.35. The highest BCUT2D eigenvalue weighted by atomic mass is 32.2. The lowest BCUT2D eigenvalue weighted by Crippen LogP contribution is -2.51. The van der Waals surface area contributed by atoms with Crippen LogP contribution in [0.4, 0.5) is 5.69 Å². The molecule has 0 N–H and O–H groups in total. The van der Waals surface area contributed by atoms with Gasteiger partial charge in [-0.3, -0.25) is 4.79 Å². The highest BCUT2D eigenvalue weighted by Crippen LogP contribution is 2.33. The molecule has 0 bridgehead atoms. The van der Waals surface area contributed by atoms with Crippen molar-refractivity contribution in [2.45, 2.75) is 4.90 Å². The number of anilines is 1. The number of piperazine rings is 1. The number of nitrogens with zero attached hydrogens (tertiary/aromatic N) is 3. The average Bonchev–Trinajstić information content (AvgIpc) is 2.83. The first-order chi connectivity index (χ1) is 15.4. The molecule has 32 heavy (non-hydrogen) atoms. The van der Waals surface area contributed by atoms with E-state index in [1.165, 1.54) is 19.2 Å². The van der Waals surface area contributed by atoms with Gasteiger partial charge in [-0.05, 0) is 36.4 Å². The molecule has 1 fully saturated rings. The first-order valence-corrected chi connectivity index (χ1v) is 11.9. The normalized spacial score (nSPS) is 16.2. The summed E-state index contributed by atoms with van der Waals surface area (Å²) in [6, 6.07) is 12.3. The molecule has 10 heteroatoms. The van der Waals surface area contributed by atoms with E-state index in [1.54, 1.807) is 18.1 Å². The number of amides is 1. The largest absolute Gasteiger partial charge is 0.497 e. The predicted octanol–water partition coefficient (Wildman–Crippen LogP) is 1.44. The van der Waals surface area contributed by atoms with Crippen LogP contribution < -0.4 is 19.1 Å². The van der Waals surface area contributed by atoms with Crippen molar-refractivity contribution in [2.24, 2.45) is 0 Å². The summed E-state index contributed by atoms with van der Waals surface area (Å²) >= 11 is 0. The van der Waals surface area contributed by atoms with E-state index in [9.17, 15) is 13.2 Å². The topological polar surface area (TPSA) is 88.6 Å². The lowest BCUT2D eigenvalue weighted by Gasteiger charge is -2.36. The highest BCUT2D eigenvalue weighted by molar-refractivity contribution is 7.89. The Bertz CT molecular complexity index is 1070. The van der Waals surface area contributed by atoms with Gasteiger partial charge in [-0.1, -0.05) is 0 Å². The predicted molar refractivity (Wildman–Crippen MR) is 119 cm³/mol. The SMILES string of the molecule is COc1ccc(N2CCN(C(=O)CN(C)S(=O)(=O)c3ccc4c(c3)OCCO4)CC2)cc1. The Hall–Kier alpha value is -2.98. The molecular formula is C22H27N3O6S. The molecule has 0 radical (unpaired) electrons. The maximum Gasteiger partial charge on any atom is 0.243 e. The fourth-order valence-electron chi connectivity index (χ4n) is 3.75. The standard InChI is InChI=1S/C22H27N3O6S/c1-23(32(27,28)19-7-8-20-21(15-19)31-14-13-30-20)16-22(26)25-11-9-24(10-12-25)17-3-5-18(29-2)6-4-17/h3-8,15H,9-14,16H2,1-2H3. The molecule has 1 amide bonds. The van der Waals surface area contributed by atoms with Crippen molar-refractivity contribution in [1.29, 1.82) is 0 Å². The summed E-state index contributed by atoms with van der Waals surface area (Å²) in [4.78, 5) is 16.8. The van der Waals surface area contributed by atoms with E-state index >= 15 is 0 Å². The molecule has 2 aromatic rings. The molecule has 0 saturated carbocycles. The van der Waals surface area contributed by atoms with Gasteiger partial charge in [-0.2, -0.15) is 4.31 Å². The Labute approximate surface area is 188 Å². The summed E-state index contributed by atoms with van der Waals surface area (Å²) in [5.74, 6) is 1.49. The average molecular weight is 462 g/mol. The number of likely N-dealkylation sites (N-methyl/N-ethyl adjacent to an activating group) is 1. The van der Waals surface area contributed by atoms with Crippen LogP contribution in [0.25, 0.3) is 0 Å². The lowest BCUT2D eigenvalue weighted by atomic mass is 10.2. The first kappa shape index (κ1) is 22.2. The highest BCUT2D eigenvalue weighted by Gasteiger charge is 2.28. The molecule has 0 unspecified atom stereocenters. The molecule has 0 aliphatic carbocycles. The zero-order chi connectivity index (χ0) is 22.7. The Morgan fingerprint density at radius 2 is 1.66 bits per heavy atom. The molecule has 172 valence electrons. The number of carbonyl (C=O) groups is 1. The molecule has 2 heterocycles. The van der Waals surface area contributed by atoms with Crippen LogP contribution in [-0.4, -0.2) is 83.6 Å². The van der Waals surface area contributed by atoms with Gasteiger partial charge >= 0.3 is 0 Å². The molecule has 1 saturated heterocycles. The smallest absolute Gasteiger partial charge is 0.243 e. The minimum absolute atomic E-state index is 0.0707. The van der Waals surface area contributed by atoms with Crippen molar-refractivity contribution in [3.05, 3.63) is 42.5 Å². The quantitative estimate of drug-likeness (QED) is 0.643. The third-order valence-corrected chi connectivity index (χ3v) is 7.45. The van der Waals surface area contributed by atoms with Crippen molar-refractivity contribution >= 4 is 21.6 Å². The number of methoxy groups -OCH3 is 1. The summed E-state index contributed by atoms with van der Waals surface area (Å²) in [5, 5.41) is 0. The molecule has 0 aromatic heterocycles. The Kier molecular flexibility index (Phi) is 6.43. The van der Waals surface area contributed by atoms with E-state index in [2.05, 4.69) is 4.90 Å². The van der Waals surface area contributed by atoms with Crippen LogP contribution in [0.3, 0.4) is 0 Å². The number of hydrogen-bond donors (Lipinski definition) is 0. The van der Waals surface area contributed by atoms with Gasteiger partial charge in [0.2, 0.25) is 15.9 Å². The number of ether oxygens (including phenoxy) is 3. The maximum absolute atomic E-state index is 13.0. The zero-order valence-electron chi connectivity index (χ0n) is 18.2. The van der Waals surface area contributed by atoms with Gasteiger partial charge in [-0.15, -0.1) is 0 Å². The van der Waals surface area contributed by atoms with Crippen molar-refractivity contribution in [3.63, 3.8) is 0 Å². The van der Waals surface area contributed by atoms with Gasteiger partial charge in [0.1, 0.15) is 19.0 Å². The van der Waals surface area contributed by atoms with Crippen LogP contribution >= 0.6 is 0 Å². The molecular weight excluding hydrogens is 434 g/mol. The van der Waals surface area contributed by atoms with Crippen LogP contribution in [0.1, 0.15) is 0 Å². The fraction of sp³-hybridized carbons (Fsp3) is 0.409. The van der Waals surface area contributed by atoms with Gasteiger partial charge in [0.15, 0.2) is 11.5 Å². The summed E-state index contributed by atoms with van der Waals surface area (Å²) in [6.45, 7) is 2.99. The van der Waals surface area contributed by atoms with E-state index in [0.29, 0.717) is 50.9 Å². The monoisotopic (exact) mass is 461 g/mol. The van der Waals surface area contributed by atoms with Crippen molar-refractivity contribution in [1.82, 2.24) is 9.21 Å². The minimum atomic E-state index is -3.84. The molecule has 2 aromatic carbocycles. The summed E-state index contributed by atoms with van der Waals surface area (Å²) in [7, 11) is -0.795. The van der Waals surface area contributed by atoms with Gasteiger partial charge in [0.05, 0.1) is 18.6 Å². The summed E-state index contributed by atoms with van der Waals surface area (Å²) in [6.07, 6.45) is 0. The van der Waals surface area contributed by atoms with E-state index in [-0.39, 0.29) is 17.3 Å². The Morgan fingerprint density at radius 1 is 1.00 bits per heavy atom. The number of sulfonamides is 1. The maximum atomic E-state index is 13.0. The second-order valence-corrected chi connectivity index (χ2v) is 9.68. The van der Waals surface area contributed by atoms with Crippen molar-refractivity contribution in [2.75, 3.05) is 65.0 Å². The number of carbonyl (C=O) groups excluding carboxylic acids is 1. The zero-order valence-corrected chi connectivity index (χ0v) is 19.0. The second kappa shape index (κ2) is 9.25. The van der Waals surface area contributed by atoms with Crippen LogP contribution in [0, 0.1) is 0 Å². The van der Waals surface area contributed by atoms with Crippen molar-refractivity contribution in [3.8, 4) is 17.2 Å². The minimum Gasteiger partial charge on any atom is -0.497 e. The number of hydrogen-bond acceptors (Lipinski definition) is 7. The molecule has 2 aliphatic rings. The molecule has 4 rings (SSSR count). The van der Waals surface area contributed by atoms with E-state index in [4.69, 9.17) is 14.2 Å². The third kappa shape index (κ3) is 4.61. The molecule has 9 nitrogen and oxygen atoms in total. The van der Waals surface area contributed by atoms with E-state index in [1.807, 2.05) is 24.3 Å². The van der Waals surface area contributed by atoms with Gasteiger partial charge in [0, 0.05) is 45.0 Å². The summed E-state index contributed by atoms with van der Waals surface area (Å²) < 4.78 is 43.1. The van der Waals surface area contributed by atoms with Crippen LogP contribution in [-0.2, 0) is 14.8 Å². The second-order valence-electron chi connectivity index (χ2n) is 7.63. The van der Waals surface area contributed by atoms with Crippen molar-refractivity contribution < 1.29 is 27.4 Å². The molecule has 2 aliphatic heterocycles. The van der Waals surface area contributed by atoms with Crippen LogP contribution in [0.5, 0.6) is 17.2 Å². The summed E-state index contributed by atoms with van der Waals surface area (Å²) in [5.41, 5.74) is 1.07. The number of fused-ring (bicyclic) bond motifs is 1. The number of rotatable bonds is 6. The van der Waals surface area contributed by atoms with Gasteiger partial charge < -0.3 is 24.0 Å². The third-order valence-electron chi connectivity index (χ3n) is 5.65. The van der Waals surface area contributed by atoms with Crippen LogP contribution in [0.2, 0.25) is 0 Å². The first-order valence-electron chi connectivity index (χ1n) is 10.4. The molecule has 0 spiro atoms. The van der Waals surface area contributed by atoms with Gasteiger partial charge in [0.25, 0.3) is 0 Å². The van der Waals surface area contributed by atoms with Crippen LogP contribution in [0.15, 0.2) is 47.4 Å². The van der Waals surface area contributed by atoms with E-state index < -0.39 is 10.0 Å². The van der Waals surface area contributed by atoms with Gasteiger partial charge in [-0.25, -0.2) is 8.42 Å². The Morgan fingerprint density at radius 3 is 2.31 bits per heavy atom. The number of benzene rings is 2. The lowest BCUT2D eigenvalue weighted by molar-refractivity contribution is -0.131. The fourth-order valence-corrected chi connectivity index (χ4v) is 4.88. The molecule has 0 atom stereocenters. The van der Waals surface area contributed by atoms with E-state index in [0.717, 1.165) is 15.7 Å².